The summed E-state index contributed by atoms with van der Waals surface area (Å²) in [6.07, 6.45) is 2.41. The maximum absolute atomic E-state index is 13.0. The zero-order chi connectivity index (χ0) is 11.5. The Bertz CT molecular complexity index is 367. The number of nitrogens with zero attached hydrogens (tertiary/aromatic N) is 1. The van der Waals surface area contributed by atoms with Crippen LogP contribution in [0.15, 0.2) is 18.2 Å². The monoisotopic (exact) mass is 223 g/mol. The quantitative estimate of drug-likeness (QED) is 0.851. The van der Waals surface area contributed by atoms with Gasteiger partial charge in [-0.05, 0) is 37.1 Å². The third-order valence-corrected chi connectivity index (χ3v) is 3.38. The molecule has 1 unspecified atom stereocenters. The van der Waals surface area contributed by atoms with Crippen LogP contribution in [-0.2, 0) is 6.54 Å². The molecule has 0 spiro atoms. The van der Waals surface area contributed by atoms with Gasteiger partial charge in [0.1, 0.15) is 11.6 Å². The summed E-state index contributed by atoms with van der Waals surface area (Å²) >= 11 is 0. The van der Waals surface area contributed by atoms with E-state index in [1.165, 1.54) is 31.0 Å². The van der Waals surface area contributed by atoms with Crippen LogP contribution >= 0.6 is 0 Å². The van der Waals surface area contributed by atoms with Crippen molar-refractivity contribution in [1.29, 1.82) is 0 Å². The Morgan fingerprint density at radius 1 is 1.50 bits per heavy atom. The smallest absolute Gasteiger partial charge is 0.123 e. The first-order valence-corrected chi connectivity index (χ1v) is 5.88. The van der Waals surface area contributed by atoms with E-state index < -0.39 is 0 Å². The predicted molar refractivity (Wildman–Crippen MR) is 61.7 cm³/mol. The van der Waals surface area contributed by atoms with Crippen molar-refractivity contribution in [1.82, 2.24) is 4.90 Å². The average molecular weight is 223 g/mol. The lowest BCUT2D eigenvalue weighted by Crippen LogP contribution is -2.20. The van der Waals surface area contributed by atoms with Gasteiger partial charge in [-0.15, -0.1) is 0 Å². The minimum atomic E-state index is -0.279. The summed E-state index contributed by atoms with van der Waals surface area (Å²) in [4.78, 5) is 2.28. The van der Waals surface area contributed by atoms with Crippen LogP contribution < -0.4 is 0 Å². The predicted octanol–water partition coefficient (Wildman–Crippen LogP) is 2.76. The highest BCUT2D eigenvalue weighted by Gasteiger charge is 2.21. The first kappa shape index (κ1) is 11.4. The third-order valence-electron chi connectivity index (χ3n) is 3.38. The van der Waals surface area contributed by atoms with Crippen molar-refractivity contribution in [3.8, 4) is 5.75 Å². The summed E-state index contributed by atoms with van der Waals surface area (Å²) in [6.45, 7) is 4.97. The number of likely N-dealkylation sites (tertiary alicyclic amines) is 1. The van der Waals surface area contributed by atoms with Crippen LogP contribution in [0.3, 0.4) is 0 Å². The molecule has 1 aliphatic rings. The van der Waals surface area contributed by atoms with Crippen LogP contribution in [-0.4, -0.2) is 23.1 Å². The lowest BCUT2D eigenvalue weighted by Gasteiger charge is -2.16. The van der Waals surface area contributed by atoms with Crippen LogP contribution in [0.25, 0.3) is 0 Å². The molecule has 1 aromatic carbocycles. The lowest BCUT2D eigenvalue weighted by atomic mass is 10.1. The van der Waals surface area contributed by atoms with Gasteiger partial charge in [-0.2, -0.15) is 0 Å². The molecule has 1 heterocycles. The Morgan fingerprint density at radius 2 is 2.31 bits per heavy atom. The average Bonchev–Trinajstić information content (AvgIpc) is 2.71. The minimum absolute atomic E-state index is 0.196. The van der Waals surface area contributed by atoms with Gasteiger partial charge in [0, 0.05) is 18.7 Å². The van der Waals surface area contributed by atoms with Gasteiger partial charge in [-0.1, -0.05) is 13.3 Å². The van der Waals surface area contributed by atoms with Crippen molar-refractivity contribution >= 4 is 0 Å². The summed E-state index contributed by atoms with van der Waals surface area (Å²) in [7, 11) is 0. The highest BCUT2D eigenvalue weighted by Crippen LogP contribution is 2.24. The molecule has 0 aliphatic carbocycles. The molecule has 1 atom stereocenters. The van der Waals surface area contributed by atoms with Crippen LogP contribution in [0.4, 0.5) is 4.39 Å². The third kappa shape index (κ3) is 2.53. The fourth-order valence-corrected chi connectivity index (χ4v) is 2.31. The molecule has 2 rings (SSSR count). The van der Waals surface area contributed by atoms with E-state index in [1.807, 2.05) is 0 Å². The summed E-state index contributed by atoms with van der Waals surface area (Å²) in [5, 5.41) is 9.63. The fraction of sp³-hybridized carbons (Fsp3) is 0.538. The van der Waals surface area contributed by atoms with Crippen LogP contribution in [0.2, 0.25) is 0 Å². The van der Waals surface area contributed by atoms with E-state index in [-0.39, 0.29) is 11.6 Å². The first-order valence-electron chi connectivity index (χ1n) is 5.88. The second-order valence-corrected chi connectivity index (χ2v) is 4.57. The van der Waals surface area contributed by atoms with Crippen molar-refractivity contribution in [2.45, 2.75) is 26.3 Å². The second-order valence-electron chi connectivity index (χ2n) is 4.57. The van der Waals surface area contributed by atoms with Gasteiger partial charge < -0.3 is 5.11 Å². The molecule has 0 aromatic heterocycles. The fourth-order valence-electron chi connectivity index (χ4n) is 2.31. The normalized spacial score (nSPS) is 21.5. The number of hydrogen-bond donors (Lipinski definition) is 1. The molecule has 1 N–H and O–H groups in total. The standard InChI is InChI=1S/C13H18FNO/c1-2-10-5-6-15(8-10)9-11-7-12(14)3-4-13(11)16/h3-4,7,10,16H,2,5-6,8-9H2,1H3. The second kappa shape index (κ2) is 4.83. The van der Waals surface area contributed by atoms with Crippen molar-refractivity contribution in [2.75, 3.05) is 13.1 Å². The number of phenols is 1. The van der Waals surface area contributed by atoms with E-state index in [1.54, 1.807) is 0 Å². The van der Waals surface area contributed by atoms with Crippen molar-refractivity contribution < 1.29 is 9.50 Å². The molecule has 16 heavy (non-hydrogen) atoms. The number of halogens is 1. The molecular formula is C13H18FNO. The molecule has 0 amide bonds. The number of aromatic hydroxyl groups is 1. The van der Waals surface area contributed by atoms with E-state index in [4.69, 9.17) is 0 Å². The lowest BCUT2D eigenvalue weighted by molar-refractivity contribution is 0.308. The van der Waals surface area contributed by atoms with Gasteiger partial charge in [0.2, 0.25) is 0 Å². The zero-order valence-electron chi connectivity index (χ0n) is 9.62. The van der Waals surface area contributed by atoms with Gasteiger partial charge in [-0.3, -0.25) is 4.90 Å². The molecule has 1 aromatic rings. The first-order chi connectivity index (χ1) is 7.69. The van der Waals surface area contributed by atoms with E-state index >= 15 is 0 Å². The van der Waals surface area contributed by atoms with E-state index in [9.17, 15) is 9.50 Å². The maximum Gasteiger partial charge on any atom is 0.123 e. The highest BCUT2D eigenvalue weighted by molar-refractivity contribution is 5.32. The maximum atomic E-state index is 13.0. The molecule has 1 aliphatic heterocycles. The molecule has 3 heteroatoms. The molecular weight excluding hydrogens is 205 g/mol. The summed E-state index contributed by atoms with van der Waals surface area (Å²) < 4.78 is 13.0. The number of hydrogen-bond acceptors (Lipinski definition) is 2. The largest absolute Gasteiger partial charge is 0.508 e. The van der Waals surface area contributed by atoms with Gasteiger partial charge in [-0.25, -0.2) is 4.39 Å². The molecule has 1 saturated heterocycles. The molecule has 0 radical (unpaired) electrons. The van der Waals surface area contributed by atoms with Gasteiger partial charge in [0.25, 0.3) is 0 Å². The summed E-state index contributed by atoms with van der Waals surface area (Å²) in [6, 6.07) is 4.14. The number of rotatable bonds is 3. The van der Waals surface area contributed by atoms with Gasteiger partial charge >= 0.3 is 0 Å². The van der Waals surface area contributed by atoms with Crippen molar-refractivity contribution in [3.05, 3.63) is 29.6 Å². The Hall–Kier alpha value is -1.09. The number of phenolic OH excluding ortho intramolecular Hbond substituents is 1. The summed E-state index contributed by atoms with van der Waals surface area (Å²) in [5.41, 5.74) is 0.691. The van der Waals surface area contributed by atoms with Crippen LogP contribution in [0, 0.1) is 11.7 Å². The van der Waals surface area contributed by atoms with Crippen molar-refractivity contribution in [3.63, 3.8) is 0 Å². The van der Waals surface area contributed by atoms with E-state index in [0.717, 1.165) is 19.0 Å². The Kier molecular flexibility index (Phi) is 3.44. The minimum Gasteiger partial charge on any atom is -0.508 e. The molecule has 0 saturated carbocycles. The molecule has 1 fully saturated rings. The van der Waals surface area contributed by atoms with E-state index in [0.29, 0.717) is 12.1 Å². The van der Waals surface area contributed by atoms with Crippen LogP contribution in [0.5, 0.6) is 5.75 Å². The van der Waals surface area contributed by atoms with Crippen molar-refractivity contribution in [2.24, 2.45) is 5.92 Å². The Morgan fingerprint density at radius 3 is 3.00 bits per heavy atom. The Labute approximate surface area is 95.7 Å². The molecule has 2 nitrogen and oxygen atoms in total. The molecule has 88 valence electrons. The van der Waals surface area contributed by atoms with Gasteiger partial charge in [0.05, 0.1) is 0 Å². The van der Waals surface area contributed by atoms with Gasteiger partial charge in [0.15, 0.2) is 0 Å². The summed E-state index contributed by atoms with van der Waals surface area (Å²) in [5.74, 6) is 0.677. The van der Waals surface area contributed by atoms with E-state index in [2.05, 4.69) is 11.8 Å². The zero-order valence-corrected chi connectivity index (χ0v) is 9.62. The number of benzene rings is 1. The Balaban J connectivity index is 2.01. The highest BCUT2D eigenvalue weighted by atomic mass is 19.1. The van der Waals surface area contributed by atoms with Crippen LogP contribution in [0.1, 0.15) is 25.3 Å². The SMILES string of the molecule is CCC1CCN(Cc2cc(F)ccc2O)C1. The topological polar surface area (TPSA) is 23.5 Å². The molecule has 0 bridgehead atoms.